The van der Waals surface area contributed by atoms with Crippen molar-refractivity contribution >= 4 is 129 Å². The summed E-state index contributed by atoms with van der Waals surface area (Å²) in [7, 11) is 9.69. The lowest BCUT2D eigenvalue weighted by molar-refractivity contribution is -0.115. The Balaban J connectivity index is 0.000000290. The van der Waals surface area contributed by atoms with E-state index in [0.717, 1.165) is 21.2 Å². The number of carbonyl (C=O) groups excluding carboxylic acids is 6. The van der Waals surface area contributed by atoms with Gasteiger partial charge in [-0.3, -0.25) is 38.6 Å². The SMILES string of the molecule is C.COCCN(C)c1ccc(N=Nc2cc3c(cc2Br)C(=O)N(C)C3=O)c(NC(C)=O)c1.COCCN(CCOC)c1ccc(N=Nc2c(Br)cc3c(c2Br)C(=O)N(C)C3=O)c(NC(C)=O)c1. The molecule has 0 aliphatic carbocycles. The molecule has 4 aromatic rings. The van der Waals surface area contributed by atoms with Gasteiger partial charge in [-0.25, -0.2) is 0 Å². The third-order valence-corrected chi connectivity index (χ3v) is 12.1. The number of halogens is 3. The maximum absolute atomic E-state index is 12.5. The Kier molecular flexibility index (Phi) is 19.5. The summed E-state index contributed by atoms with van der Waals surface area (Å²) in [5.74, 6) is -2.04. The average Bonchev–Trinajstić information content (AvgIpc) is 3.62. The molecule has 67 heavy (non-hydrogen) atoms. The van der Waals surface area contributed by atoms with Gasteiger partial charge in [0.05, 0.1) is 57.9 Å². The van der Waals surface area contributed by atoms with Crippen molar-refractivity contribution in [2.75, 3.05) is 102 Å². The summed E-state index contributed by atoms with van der Waals surface area (Å²) < 4.78 is 16.9. The van der Waals surface area contributed by atoms with E-state index in [1.54, 1.807) is 51.7 Å². The van der Waals surface area contributed by atoms with Crippen LogP contribution in [0.25, 0.3) is 0 Å². The van der Waals surface area contributed by atoms with Crippen molar-refractivity contribution < 1.29 is 43.0 Å². The molecule has 0 bridgehead atoms. The van der Waals surface area contributed by atoms with Crippen LogP contribution in [0.4, 0.5) is 45.5 Å². The number of likely N-dealkylation sites (N-methyl/N-ethyl adjacent to an activating group) is 1. The number of hydrogen-bond acceptors (Lipinski definition) is 15. The molecular weight excluding hydrogens is 1060 g/mol. The Morgan fingerprint density at radius 2 is 1.04 bits per heavy atom. The summed E-state index contributed by atoms with van der Waals surface area (Å²) >= 11 is 10.2. The molecule has 356 valence electrons. The molecule has 6 rings (SSSR count). The summed E-state index contributed by atoms with van der Waals surface area (Å²) in [4.78, 5) is 78.9. The normalized spacial score (nSPS) is 12.9. The molecule has 6 amide bonds. The molecule has 0 saturated carbocycles. The van der Waals surface area contributed by atoms with Crippen molar-refractivity contribution in [3.8, 4) is 0 Å². The molecule has 2 N–H and O–H groups in total. The van der Waals surface area contributed by atoms with Gasteiger partial charge in [-0.15, -0.1) is 20.5 Å². The molecule has 0 spiro atoms. The molecule has 0 saturated heterocycles. The third-order valence-electron chi connectivity index (χ3n) is 10.1. The van der Waals surface area contributed by atoms with Gasteiger partial charge in [0.15, 0.2) is 0 Å². The quantitative estimate of drug-likeness (QED) is 0.0749. The number of ether oxygens (including phenoxy) is 3. The van der Waals surface area contributed by atoms with E-state index >= 15 is 0 Å². The Labute approximate surface area is 413 Å². The van der Waals surface area contributed by atoms with Crippen LogP contribution in [0.1, 0.15) is 62.7 Å². The number of hydrogen-bond donors (Lipinski definition) is 2. The largest absolute Gasteiger partial charge is 0.383 e. The van der Waals surface area contributed by atoms with Crippen LogP contribution < -0.4 is 20.4 Å². The van der Waals surface area contributed by atoms with E-state index in [0.29, 0.717) is 92.6 Å². The van der Waals surface area contributed by atoms with Gasteiger partial charge in [-0.1, -0.05) is 7.43 Å². The second kappa shape index (κ2) is 24.3. The zero-order chi connectivity index (χ0) is 48.4. The summed E-state index contributed by atoms with van der Waals surface area (Å²) in [6, 6.07) is 15.5. The first-order valence-electron chi connectivity index (χ1n) is 20.0. The minimum Gasteiger partial charge on any atom is -0.383 e. The number of nitrogens with one attached hydrogen (secondary N) is 2. The van der Waals surface area contributed by atoms with Gasteiger partial charge in [-0.05, 0) is 102 Å². The standard InChI is InChI=1S/C23H25Br2N5O5.C21H22BrN5O4.CH4/c1-13(31)26-18-11-14(30(7-9-34-3)8-10-35-4)5-6-17(18)27-28-21-16(24)12-15-19(20(21)25)23(33)29(2)22(15)32;1-12(28)23-19-9-13(26(2)7-8-31-4)5-6-17(19)24-25-18-11-15-14(10-16(18)22)20(29)27(3)21(15)30;/h5-6,11-12H,7-10H2,1-4H3,(H,26,31);5-6,9-11H,7-8H2,1-4H3,(H,23,28);1H4. The third kappa shape index (κ3) is 12.8. The van der Waals surface area contributed by atoms with E-state index < -0.39 is 5.91 Å². The van der Waals surface area contributed by atoms with E-state index in [1.165, 1.54) is 34.0 Å². The highest BCUT2D eigenvalue weighted by Crippen LogP contribution is 2.43. The van der Waals surface area contributed by atoms with Gasteiger partial charge < -0.3 is 34.6 Å². The van der Waals surface area contributed by atoms with Crippen LogP contribution in [0.2, 0.25) is 0 Å². The lowest BCUT2D eigenvalue weighted by Crippen LogP contribution is -2.30. The molecule has 0 atom stereocenters. The van der Waals surface area contributed by atoms with Gasteiger partial charge in [0.25, 0.3) is 23.6 Å². The molecule has 19 nitrogen and oxygen atoms in total. The first-order valence-corrected chi connectivity index (χ1v) is 22.4. The highest BCUT2D eigenvalue weighted by molar-refractivity contribution is 9.11. The van der Waals surface area contributed by atoms with Gasteiger partial charge in [0.2, 0.25) is 11.8 Å². The molecule has 2 aliphatic heterocycles. The lowest BCUT2D eigenvalue weighted by Gasteiger charge is -2.25. The number of carbonyl (C=O) groups is 6. The van der Waals surface area contributed by atoms with Crippen molar-refractivity contribution in [1.82, 2.24) is 9.80 Å². The number of anilines is 4. The van der Waals surface area contributed by atoms with Crippen molar-refractivity contribution in [3.05, 3.63) is 90.3 Å². The Morgan fingerprint density at radius 3 is 1.60 bits per heavy atom. The van der Waals surface area contributed by atoms with Crippen LogP contribution in [-0.4, -0.2) is 127 Å². The Bertz CT molecular complexity index is 2620. The van der Waals surface area contributed by atoms with Gasteiger partial charge >= 0.3 is 0 Å². The number of amides is 6. The molecule has 0 radical (unpaired) electrons. The fraction of sp³-hybridized carbons (Fsp3) is 0.333. The van der Waals surface area contributed by atoms with Crippen molar-refractivity contribution in [2.24, 2.45) is 20.5 Å². The van der Waals surface area contributed by atoms with Gasteiger partial charge in [-0.2, -0.15) is 0 Å². The number of fused-ring (bicyclic) bond motifs is 2. The van der Waals surface area contributed by atoms with Gasteiger partial charge in [0, 0.05) is 96.3 Å². The van der Waals surface area contributed by atoms with E-state index in [9.17, 15) is 28.8 Å². The zero-order valence-electron chi connectivity index (χ0n) is 37.3. The molecule has 2 aliphatic rings. The van der Waals surface area contributed by atoms with Crippen molar-refractivity contribution in [3.63, 3.8) is 0 Å². The smallest absolute Gasteiger partial charge is 0.262 e. The second-order valence-corrected chi connectivity index (χ2v) is 17.2. The number of methoxy groups -OCH3 is 3. The average molecular weight is 1120 g/mol. The van der Waals surface area contributed by atoms with E-state index in [2.05, 4.69) is 83.8 Å². The fourth-order valence-corrected chi connectivity index (χ4v) is 8.41. The van der Waals surface area contributed by atoms with E-state index in [1.807, 2.05) is 30.1 Å². The fourth-order valence-electron chi connectivity index (χ4n) is 6.54. The number of azo groups is 2. The molecule has 4 aromatic carbocycles. The van der Waals surface area contributed by atoms with Crippen LogP contribution in [0.5, 0.6) is 0 Å². The van der Waals surface area contributed by atoms with Crippen molar-refractivity contribution in [2.45, 2.75) is 21.3 Å². The zero-order valence-corrected chi connectivity index (χ0v) is 42.1. The van der Waals surface area contributed by atoms with Crippen molar-refractivity contribution in [1.29, 1.82) is 0 Å². The van der Waals surface area contributed by atoms with E-state index in [-0.39, 0.29) is 53.7 Å². The van der Waals surface area contributed by atoms with Crippen LogP contribution in [0.3, 0.4) is 0 Å². The molecule has 2 heterocycles. The summed E-state index contributed by atoms with van der Waals surface area (Å²) in [6.07, 6.45) is 0. The number of benzene rings is 4. The van der Waals surface area contributed by atoms with Crippen LogP contribution in [0.15, 0.2) is 88.5 Å². The number of imide groups is 2. The highest BCUT2D eigenvalue weighted by atomic mass is 79.9. The predicted molar refractivity (Wildman–Crippen MR) is 267 cm³/mol. The Hall–Kier alpha value is -5.78. The Morgan fingerprint density at radius 1 is 0.597 bits per heavy atom. The van der Waals surface area contributed by atoms with Crippen LogP contribution in [0, 0.1) is 0 Å². The molecule has 0 fully saturated rings. The minimum absolute atomic E-state index is 0. The minimum atomic E-state index is -0.420. The van der Waals surface area contributed by atoms with E-state index in [4.69, 9.17) is 14.2 Å². The maximum atomic E-state index is 12.5. The highest BCUT2D eigenvalue weighted by Gasteiger charge is 2.37. The van der Waals surface area contributed by atoms with Crippen LogP contribution >= 0.6 is 47.8 Å². The molecule has 0 unspecified atom stereocenters. The number of nitrogens with zero attached hydrogens (tertiary/aromatic N) is 8. The first kappa shape index (κ1) is 53.8. The lowest BCUT2D eigenvalue weighted by atomic mass is 10.1. The topological polar surface area (TPSA) is 217 Å². The summed E-state index contributed by atoms with van der Waals surface area (Å²) in [5.41, 5.74) is 5.43. The predicted octanol–water partition coefficient (Wildman–Crippen LogP) is 9.68. The monoisotopic (exact) mass is 1110 g/mol. The maximum Gasteiger partial charge on any atom is 0.262 e. The number of rotatable bonds is 17. The second-order valence-electron chi connectivity index (χ2n) is 14.7. The van der Waals surface area contributed by atoms with Gasteiger partial charge in [0.1, 0.15) is 22.7 Å². The molecule has 0 aromatic heterocycles. The molecule has 22 heteroatoms. The molecular formula is C45H51Br3N10O9. The van der Waals surface area contributed by atoms with Crippen LogP contribution in [-0.2, 0) is 23.8 Å². The summed E-state index contributed by atoms with van der Waals surface area (Å²) in [6.45, 7) is 6.39. The summed E-state index contributed by atoms with van der Waals surface area (Å²) in [5, 5.41) is 22.7. The first-order chi connectivity index (χ1) is 31.4.